The second-order valence-corrected chi connectivity index (χ2v) is 7.91. The minimum atomic E-state index is 0.357. The van der Waals surface area contributed by atoms with Gasteiger partial charge in [0.1, 0.15) is 11.6 Å². The first kappa shape index (κ1) is 17.8. The van der Waals surface area contributed by atoms with Gasteiger partial charge in [0.2, 0.25) is 0 Å². The van der Waals surface area contributed by atoms with Crippen LogP contribution in [0.3, 0.4) is 0 Å². The molecule has 0 spiro atoms. The number of nitrogens with two attached hydrogens (primary N) is 1. The average molecular weight is 335 g/mol. The molecule has 1 aromatic heterocycles. The highest BCUT2D eigenvalue weighted by Crippen LogP contribution is 2.34. The monoisotopic (exact) mass is 334 g/mol. The molecule has 0 radical (unpaired) electrons. The number of piperidine rings is 1. The van der Waals surface area contributed by atoms with Crippen molar-refractivity contribution in [3.63, 3.8) is 0 Å². The van der Waals surface area contributed by atoms with Gasteiger partial charge in [-0.25, -0.2) is 0 Å². The first-order chi connectivity index (χ1) is 11.6. The number of aromatic nitrogens is 3. The predicted molar refractivity (Wildman–Crippen MR) is 96.8 cm³/mol. The van der Waals surface area contributed by atoms with Crippen LogP contribution in [0.1, 0.15) is 57.1 Å². The number of nitrogens with zero attached hydrogens (tertiary/aromatic N) is 5. The Kier molecular flexibility index (Phi) is 5.89. The highest BCUT2D eigenvalue weighted by atomic mass is 15.3. The maximum atomic E-state index is 5.93. The quantitative estimate of drug-likeness (QED) is 0.822. The topological polar surface area (TPSA) is 63.2 Å². The molecule has 0 amide bonds. The summed E-state index contributed by atoms with van der Waals surface area (Å²) in [6.07, 6.45) is 4.81. The van der Waals surface area contributed by atoms with Crippen molar-refractivity contribution in [2.24, 2.45) is 11.7 Å². The van der Waals surface area contributed by atoms with E-state index in [0.717, 1.165) is 56.6 Å². The molecule has 1 aliphatic carbocycles. The van der Waals surface area contributed by atoms with Crippen molar-refractivity contribution in [1.82, 2.24) is 24.6 Å². The van der Waals surface area contributed by atoms with Crippen LogP contribution < -0.4 is 5.73 Å². The Balaban J connectivity index is 1.50. The zero-order valence-corrected chi connectivity index (χ0v) is 15.6. The minimum absolute atomic E-state index is 0.357. The molecule has 0 bridgehead atoms. The van der Waals surface area contributed by atoms with Crippen LogP contribution in [-0.2, 0) is 13.1 Å². The van der Waals surface area contributed by atoms with E-state index in [-0.39, 0.29) is 0 Å². The summed E-state index contributed by atoms with van der Waals surface area (Å²) in [6, 6.07) is 0.357. The summed E-state index contributed by atoms with van der Waals surface area (Å²) in [5.41, 5.74) is 5.93. The number of likely N-dealkylation sites (tertiary alicyclic amines) is 1. The van der Waals surface area contributed by atoms with Gasteiger partial charge in [-0.3, -0.25) is 4.90 Å². The van der Waals surface area contributed by atoms with Crippen LogP contribution in [0.15, 0.2) is 0 Å². The van der Waals surface area contributed by atoms with Crippen molar-refractivity contribution in [1.29, 1.82) is 0 Å². The summed E-state index contributed by atoms with van der Waals surface area (Å²) >= 11 is 0. The molecular formula is C18H34N6. The lowest BCUT2D eigenvalue weighted by atomic mass is 9.80. The van der Waals surface area contributed by atoms with Gasteiger partial charge in [-0.05, 0) is 58.7 Å². The summed E-state index contributed by atoms with van der Waals surface area (Å²) in [7, 11) is 2.19. The maximum Gasteiger partial charge on any atom is 0.147 e. The van der Waals surface area contributed by atoms with Crippen LogP contribution in [0.25, 0.3) is 0 Å². The summed E-state index contributed by atoms with van der Waals surface area (Å²) in [6.45, 7) is 11.1. The van der Waals surface area contributed by atoms with Gasteiger partial charge >= 0.3 is 0 Å². The van der Waals surface area contributed by atoms with Crippen molar-refractivity contribution in [2.45, 2.75) is 64.6 Å². The fourth-order valence-electron chi connectivity index (χ4n) is 3.90. The summed E-state index contributed by atoms with van der Waals surface area (Å²) < 4.78 is 2.30. The zero-order valence-electron chi connectivity index (χ0n) is 15.6. The molecular weight excluding hydrogens is 300 g/mol. The predicted octanol–water partition coefficient (Wildman–Crippen LogP) is 1.67. The van der Waals surface area contributed by atoms with Crippen molar-refractivity contribution >= 4 is 0 Å². The van der Waals surface area contributed by atoms with E-state index in [1.165, 1.54) is 25.9 Å². The molecule has 3 rings (SSSR count). The Morgan fingerprint density at radius 2 is 1.92 bits per heavy atom. The molecule has 0 aromatic carbocycles. The van der Waals surface area contributed by atoms with E-state index in [1.807, 2.05) is 0 Å². The molecule has 24 heavy (non-hydrogen) atoms. The summed E-state index contributed by atoms with van der Waals surface area (Å²) in [5.74, 6) is 3.66. The van der Waals surface area contributed by atoms with E-state index in [4.69, 9.17) is 5.73 Å². The molecule has 6 nitrogen and oxygen atoms in total. The molecule has 1 saturated heterocycles. The molecule has 2 heterocycles. The Labute approximate surface area is 146 Å². The van der Waals surface area contributed by atoms with Gasteiger partial charge in [-0.1, -0.05) is 6.92 Å². The normalized spacial score (nSPS) is 26.0. The molecule has 1 aliphatic heterocycles. The Bertz CT molecular complexity index is 514. The average Bonchev–Trinajstić information content (AvgIpc) is 2.93. The zero-order chi connectivity index (χ0) is 17.1. The Morgan fingerprint density at radius 1 is 1.21 bits per heavy atom. The van der Waals surface area contributed by atoms with Crippen LogP contribution in [-0.4, -0.2) is 63.8 Å². The first-order valence-corrected chi connectivity index (χ1v) is 9.65. The van der Waals surface area contributed by atoms with Gasteiger partial charge in [-0.15, -0.1) is 10.2 Å². The molecule has 0 unspecified atom stereocenters. The molecule has 1 aromatic rings. The highest BCUT2D eigenvalue weighted by molar-refractivity contribution is 5.08. The van der Waals surface area contributed by atoms with Crippen LogP contribution >= 0.6 is 0 Å². The second-order valence-electron chi connectivity index (χ2n) is 7.91. The van der Waals surface area contributed by atoms with E-state index < -0.39 is 0 Å². The van der Waals surface area contributed by atoms with Crippen LogP contribution in [0.4, 0.5) is 0 Å². The van der Waals surface area contributed by atoms with Crippen LogP contribution in [0.5, 0.6) is 0 Å². The van der Waals surface area contributed by atoms with Gasteiger partial charge in [-0.2, -0.15) is 0 Å². The highest BCUT2D eigenvalue weighted by Gasteiger charge is 2.32. The van der Waals surface area contributed by atoms with Crippen LogP contribution in [0, 0.1) is 5.92 Å². The van der Waals surface area contributed by atoms with Crippen LogP contribution in [0.2, 0.25) is 0 Å². The van der Waals surface area contributed by atoms with Crippen molar-refractivity contribution < 1.29 is 0 Å². The third-order valence-electron chi connectivity index (χ3n) is 5.80. The van der Waals surface area contributed by atoms with E-state index in [1.54, 1.807) is 0 Å². The van der Waals surface area contributed by atoms with Crippen molar-refractivity contribution in [3.8, 4) is 0 Å². The van der Waals surface area contributed by atoms with Gasteiger partial charge in [0.15, 0.2) is 0 Å². The smallest absolute Gasteiger partial charge is 0.147 e. The van der Waals surface area contributed by atoms with E-state index in [2.05, 4.69) is 45.5 Å². The maximum absolute atomic E-state index is 5.93. The van der Waals surface area contributed by atoms with Gasteiger partial charge in [0.05, 0.1) is 6.54 Å². The van der Waals surface area contributed by atoms with Gasteiger partial charge < -0.3 is 15.2 Å². The van der Waals surface area contributed by atoms with Crippen molar-refractivity contribution in [3.05, 3.63) is 11.6 Å². The van der Waals surface area contributed by atoms with Gasteiger partial charge in [0, 0.05) is 31.6 Å². The summed E-state index contributed by atoms with van der Waals surface area (Å²) in [5, 5.41) is 8.95. The van der Waals surface area contributed by atoms with Crippen molar-refractivity contribution in [2.75, 3.05) is 33.2 Å². The molecule has 2 N–H and O–H groups in total. The summed E-state index contributed by atoms with van der Waals surface area (Å²) in [4.78, 5) is 4.98. The SMILES string of the molecule is CCn1c(CN(C)CCN2CCC(C)CC2)nnc1C1CC(N)C1. The number of hydrogen-bond acceptors (Lipinski definition) is 5. The molecule has 136 valence electrons. The molecule has 6 heteroatoms. The largest absolute Gasteiger partial charge is 0.328 e. The molecule has 2 aliphatic rings. The first-order valence-electron chi connectivity index (χ1n) is 9.65. The minimum Gasteiger partial charge on any atom is -0.328 e. The Morgan fingerprint density at radius 3 is 2.54 bits per heavy atom. The number of rotatable bonds is 7. The lowest BCUT2D eigenvalue weighted by molar-refractivity contribution is 0.167. The van der Waals surface area contributed by atoms with E-state index >= 15 is 0 Å². The number of hydrogen-bond donors (Lipinski definition) is 1. The fourth-order valence-corrected chi connectivity index (χ4v) is 3.90. The standard InChI is InChI=1S/C18H34N6/c1-4-24-17(20-21-18(24)15-11-16(19)12-15)13-22(3)9-10-23-7-5-14(2)6-8-23/h14-16H,4-13,19H2,1-3H3. The number of likely N-dealkylation sites (N-methyl/N-ethyl adjacent to an activating group) is 1. The molecule has 0 atom stereocenters. The third-order valence-corrected chi connectivity index (χ3v) is 5.80. The second kappa shape index (κ2) is 7.93. The Hall–Kier alpha value is -0.980. The molecule has 1 saturated carbocycles. The third kappa shape index (κ3) is 4.16. The molecule has 2 fully saturated rings. The lowest BCUT2D eigenvalue weighted by Crippen LogP contribution is -2.38. The lowest BCUT2D eigenvalue weighted by Gasteiger charge is -2.32. The van der Waals surface area contributed by atoms with E-state index in [0.29, 0.717) is 12.0 Å². The van der Waals surface area contributed by atoms with Gasteiger partial charge in [0.25, 0.3) is 0 Å². The fraction of sp³-hybridized carbons (Fsp3) is 0.889. The van der Waals surface area contributed by atoms with E-state index in [9.17, 15) is 0 Å².